The van der Waals surface area contributed by atoms with E-state index in [9.17, 15) is 0 Å². The van der Waals surface area contributed by atoms with Gasteiger partial charge in [0, 0.05) is 36.4 Å². The molecule has 0 unspecified atom stereocenters. The molecule has 3 aromatic rings. The van der Waals surface area contributed by atoms with Crippen LogP contribution in [0, 0.1) is 6.92 Å². The summed E-state index contributed by atoms with van der Waals surface area (Å²) in [5.41, 5.74) is 5.67. The minimum absolute atomic E-state index is 0.753. The van der Waals surface area contributed by atoms with Crippen molar-refractivity contribution in [3.63, 3.8) is 0 Å². The molecule has 3 heterocycles. The number of pyridine rings is 1. The third-order valence-corrected chi connectivity index (χ3v) is 5.04. The van der Waals surface area contributed by atoms with E-state index in [-0.39, 0.29) is 0 Å². The third-order valence-electron chi connectivity index (χ3n) is 4.79. The molecule has 0 radical (unpaired) electrons. The van der Waals surface area contributed by atoms with Gasteiger partial charge in [-0.15, -0.1) is 0 Å². The van der Waals surface area contributed by atoms with Gasteiger partial charge in [0.1, 0.15) is 5.65 Å². The molecule has 2 aromatic heterocycles. The number of benzene rings is 1. The van der Waals surface area contributed by atoms with Crippen molar-refractivity contribution in [2.45, 2.75) is 19.9 Å². The highest BCUT2D eigenvalue weighted by Gasteiger charge is 2.18. The van der Waals surface area contributed by atoms with Crippen LogP contribution in [0.5, 0.6) is 0 Å². The highest BCUT2D eigenvalue weighted by atomic mass is 35.5. The molecule has 4 nitrogen and oxygen atoms in total. The van der Waals surface area contributed by atoms with E-state index in [0.717, 1.165) is 54.7 Å². The number of rotatable bonds is 3. The SMILES string of the molecule is Cc1ccc2nc(-c3ccc(Cl)cc3)c(CN3CCCNCC3)n2c1. The van der Waals surface area contributed by atoms with Crippen LogP contribution in [0.2, 0.25) is 5.02 Å². The molecular weight excluding hydrogens is 332 g/mol. The zero-order valence-corrected chi connectivity index (χ0v) is 15.3. The van der Waals surface area contributed by atoms with Gasteiger partial charge in [0.15, 0.2) is 0 Å². The van der Waals surface area contributed by atoms with E-state index in [0.29, 0.717) is 0 Å². The van der Waals surface area contributed by atoms with Gasteiger partial charge in [-0.2, -0.15) is 0 Å². The Balaban J connectivity index is 1.79. The smallest absolute Gasteiger partial charge is 0.137 e. The highest BCUT2D eigenvalue weighted by Crippen LogP contribution is 2.27. The molecule has 0 spiro atoms. The maximum atomic E-state index is 6.07. The Bertz CT molecular complexity index is 861. The Morgan fingerprint density at radius 3 is 2.76 bits per heavy atom. The molecule has 1 saturated heterocycles. The summed E-state index contributed by atoms with van der Waals surface area (Å²) >= 11 is 6.07. The van der Waals surface area contributed by atoms with Crippen LogP contribution in [0.4, 0.5) is 0 Å². The third kappa shape index (κ3) is 3.56. The Morgan fingerprint density at radius 1 is 1.08 bits per heavy atom. The summed E-state index contributed by atoms with van der Waals surface area (Å²) in [4.78, 5) is 7.44. The van der Waals surface area contributed by atoms with Gasteiger partial charge in [-0.25, -0.2) is 4.98 Å². The number of nitrogens with zero attached hydrogens (tertiary/aromatic N) is 3. The normalized spacial score (nSPS) is 16.2. The van der Waals surface area contributed by atoms with Crippen LogP contribution in [0.3, 0.4) is 0 Å². The van der Waals surface area contributed by atoms with E-state index in [1.807, 2.05) is 12.1 Å². The van der Waals surface area contributed by atoms with Crippen LogP contribution in [0.15, 0.2) is 42.6 Å². The number of aromatic nitrogens is 2. The van der Waals surface area contributed by atoms with Crippen molar-refractivity contribution in [1.29, 1.82) is 0 Å². The van der Waals surface area contributed by atoms with Gasteiger partial charge in [-0.05, 0) is 50.2 Å². The Kier molecular flexibility index (Phi) is 4.75. The number of hydrogen-bond acceptors (Lipinski definition) is 3. The number of imidazole rings is 1. The molecule has 130 valence electrons. The quantitative estimate of drug-likeness (QED) is 0.777. The Hall–Kier alpha value is -1.88. The van der Waals surface area contributed by atoms with Gasteiger partial charge in [-0.1, -0.05) is 29.8 Å². The Labute approximate surface area is 153 Å². The molecule has 1 aliphatic rings. The molecule has 1 aromatic carbocycles. The molecule has 0 amide bonds. The summed E-state index contributed by atoms with van der Waals surface area (Å²) in [7, 11) is 0. The van der Waals surface area contributed by atoms with Gasteiger partial charge in [0.05, 0.1) is 11.4 Å². The maximum Gasteiger partial charge on any atom is 0.137 e. The first kappa shape index (κ1) is 16.6. The van der Waals surface area contributed by atoms with Crippen molar-refractivity contribution in [1.82, 2.24) is 19.6 Å². The number of aryl methyl sites for hydroxylation is 1. The maximum absolute atomic E-state index is 6.07. The lowest BCUT2D eigenvalue weighted by Gasteiger charge is -2.20. The lowest BCUT2D eigenvalue weighted by Crippen LogP contribution is -2.28. The summed E-state index contributed by atoms with van der Waals surface area (Å²) in [6.07, 6.45) is 3.37. The lowest BCUT2D eigenvalue weighted by atomic mass is 10.1. The summed E-state index contributed by atoms with van der Waals surface area (Å²) in [5.74, 6) is 0. The molecule has 0 aliphatic carbocycles. The molecule has 4 rings (SSSR count). The highest BCUT2D eigenvalue weighted by molar-refractivity contribution is 6.30. The van der Waals surface area contributed by atoms with Crippen molar-refractivity contribution < 1.29 is 0 Å². The predicted octanol–water partition coefficient (Wildman–Crippen LogP) is 3.76. The summed E-state index contributed by atoms with van der Waals surface area (Å²) < 4.78 is 2.25. The standard InChI is InChI=1S/C20H23ClN4/c1-15-3-8-19-23-20(16-4-6-17(21)7-5-16)18(25(19)13-15)14-24-11-2-9-22-10-12-24/h3-8,13,22H,2,9-12,14H2,1H3. The number of halogens is 1. The first-order valence-corrected chi connectivity index (χ1v) is 9.25. The van der Waals surface area contributed by atoms with Gasteiger partial charge in [0.25, 0.3) is 0 Å². The second-order valence-corrected chi connectivity index (χ2v) is 7.16. The number of hydrogen-bond donors (Lipinski definition) is 1. The van der Waals surface area contributed by atoms with Crippen molar-refractivity contribution >= 4 is 17.2 Å². The van der Waals surface area contributed by atoms with Crippen LogP contribution < -0.4 is 5.32 Å². The van der Waals surface area contributed by atoms with Crippen molar-refractivity contribution in [3.8, 4) is 11.3 Å². The summed E-state index contributed by atoms with van der Waals surface area (Å²) in [6, 6.07) is 12.2. The molecule has 1 aliphatic heterocycles. The van der Waals surface area contributed by atoms with Gasteiger partial charge in [-0.3, -0.25) is 4.90 Å². The fourth-order valence-electron chi connectivity index (χ4n) is 3.46. The zero-order valence-electron chi connectivity index (χ0n) is 14.5. The number of nitrogens with one attached hydrogen (secondary N) is 1. The van der Waals surface area contributed by atoms with Gasteiger partial charge < -0.3 is 9.72 Å². The van der Waals surface area contributed by atoms with Crippen molar-refractivity contribution in [3.05, 3.63) is 58.9 Å². The molecule has 25 heavy (non-hydrogen) atoms. The van der Waals surface area contributed by atoms with Crippen molar-refractivity contribution in [2.75, 3.05) is 26.2 Å². The largest absolute Gasteiger partial charge is 0.315 e. The molecule has 0 atom stereocenters. The van der Waals surface area contributed by atoms with E-state index in [2.05, 4.69) is 52.0 Å². The predicted molar refractivity (Wildman–Crippen MR) is 103 cm³/mol. The minimum Gasteiger partial charge on any atom is -0.315 e. The Morgan fingerprint density at radius 2 is 1.92 bits per heavy atom. The first-order valence-electron chi connectivity index (χ1n) is 8.87. The summed E-state index contributed by atoms with van der Waals surface area (Å²) in [5, 5.41) is 4.23. The summed E-state index contributed by atoms with van der Waals surface area (Å²) in [6.45, 7) is 7.37. The molecule has 0 bridgehead atoms. The fourth-order valence-corrected chi connectivity index (χ4v) is 3.59. The van der Waals surface area contributed by atoms with Crippen LogP contribution in [0.25, 0.3) is 16.9 Å². The average Bonchev–Trinajstić information content (AvgIpc) is 2.79. The van der Waals surface area contributed by atoms with Crippen LogP contribution in [-0.2, 0) is 6.54 Å². The molecule has 1 N–H and O–H groups in total. The zero-order chi connectivity index (χ0) is 17.2. The van der Waals surface area contributed by atoms with Crippen LogP contribution in [-0.4, -0.2) is 40.5 Å². The second-order valence-electron chi connectivity index (χ2n) is 6.73. The molecule has 1 fully saturated rings. The van der Waals surface area contributed by atoms with E-state index >= 15 is 0 Å². The number of fused-ring (bicyclic) bond motifs is 1. The van der Waals surface area contributed by atoms with Gasteiger partial charge >= 0.3 is 0 Å². The van der Waals surface area contributed by atoms with E-state index in [4.69, 9.17) is 16.6 Å². The molecule has 0 saturated carbocycles. The van der Waals surface area contributed by atoms with Crippen molar-refractivity contribution in [2.24, 2.45) is 0 Å². The average molecular weight is 355 g/mol. The molecule has 5 heteroatoms. The fraction of sp³-hybridized carbons (Fsp3) is 0.350. The van der Waals surface area contributed by atoms with E-state index in [1.54, 1.807) is 0 Å². The molecular formula is C20H23ClN4. The van der Waals surface area contributed by atoms with Crippen LogP contribution >= 0.6 is 11.6 Å². The minimum atomic E-state index is 0.753. The topological polar surface area (TPSA) is 32.6 Å². The first-order chi connectivity index (χ1) is 12.2. The van der Waals surface area contributed by atoms with Gasteiger partial charge in [0.2, 0.25) is 0 Å². The van der Waals surface area contributed by atoms with E-state index in [1.165, 1.54) is 17.7 Å². The van der Waals surface area contributed by atoms with Crippen LogP contribution in [0.1, 0.15) is 17.7 Å². The lowest BCUT2D eigenvalue weighted by molar-refractivity contribution is 0.281. The van der Waals surface area contributed by atoms with E-state index < -0.39 is 0 Å². The monoisotopic (exact) mass is 354 g/mol. The second kappa shape index (κ2) is 7.16.